The normalized spacial score (nSPS) is 12.1. The van der Waals surface area contributed by atoms with Crippen LogP contribution in [0.5, 0.6) is 0 Å². The first-order chi connectivity index (χ1) is 24.3. The fraction of sp³-hybridized carbons (Fsp3) is 0. The molecule has 4 nitrogen and oxygen atoms in total. The van der Waals surface area contributed by atoms with Crippen LogP contribution in [0, 0.1) is 0 Å². The van der Waals surface area contributed by atoms with Gasteiger partial charge in [0.05, 0.1) is 15.9 Å². The Hall–Kier alpha value is -6.30. The number of furan rings is 2. The van der Waals surface area contributed by atoms with Gasteiger partial charge in [-0.15, -0.1) is 11.3 Å². The number of fused-ring (bicyclic) bond motifs is 10. The van der Waals surface area contributed by atoms with Gasteiger partial charge in [0.15, 0.2) is 5.82 Å². The average Bonchev–Trinajstić information content (AvgIpc) is 3.86. The summed E-state index contributed by atoms with van der Waals surface area (Å²) in [5.74, 6) is 0.653. The van der Waals surface area contributed by atoms with Crippen LogP contribution in [0.1, 0.15) is 0 Å². The molecular weight excluding hydrogens is 621 g/mol. The van der Waals surface area contributed by atoms with Crippen molar-refractivity contribution in [1.29, 1.82) is 0 Å². The first-order valence-electron chi connectivity index (χ1n) is 16.3. The summed E-state index contributed by atoms with van der Waals surface area (Å²) in [7, 11) is 0. The Labute approximate surface area is 283 Å². The summed E-state index contributed by atoms with van der Waals surface area (Å²) in [6.07, 6.45) is 0. The third-order valence-electron chi connectivity index (χ3n) is 9.73. The molecule has 4 aromatic heterocycles. The predicted octanol–water partition coefficient (Wildman–Crippen LogP) is 12.8. The highest BCUT2D eigenvalue weighted by Crippen LogP contribution is 2.46. The maximum atomic E-state index is 6.73. The van der Waals surface area contributed by atoms with E-state index in [-0.39, 0.29) is 0 Å². The second-order valence-electron chi connectivity index (χ2n) is 12.4. The van der Waals surface area contributed by atoms with E-state index in [1.54, 1.807) is 11.3 Å². The van der Waals surface area contributed by atoms with E-state index in [1.165, 1.54) is 15.5 Å². The molecule has 11 rings (SSSR count). The largest absolute Gasteiger partial charge is 0.455 e. The monoisotopic (exact) mass is 644 g/mol. The summed E-state index contributed by atoms with van der Waals surface area (Å²) in [6.45, 7) is 0. The van der Waals surface area contributed by atoms with Crippen molar-refractivity contribution in [3.05, 3.63) is 146 Å². The van der Waals surface area contributed by atoms with Gasteiger partial charge >= 0.3 is 0 Å². The number of thiophene rings is 1. The standard InChI is InChI=1S/C44H24N2O2S/c1-2-13-26-25(11-1)12-9-17-27(26)30-23-24-33(38-31-15-4-7-21-36(31)48-42(30)38)44-45-39-32-16-5-8-22-37(32)49-43(39)40(46-44)34-19-10-18-29-28-14-3-6-20-35(28)47-41(29)34/h1-24H. The van der Waals surface area contributed by atoms with E-state index >= 15 is 0 Å². The minimum absolute atomic E-state index is 0.653. The van der Waals surface area contributed by atoms with Crippen molar-refractivity contribution in [2.75, 3.05) is 0 Å². The van der Waals surface area contributed by atoms with Crippen molar-refractivity contribution in [2.45, 2.75) is 0 Å². The molecule has 0 fully saturated rings. The van der Waals surface area contributed by atoms with Crippen LogP contribution in [0.2, 0.25) is 0 Å². The van der Waals surface area contributed by atoms with Crippen molar-refractivity contribution >= 4 is 86.3 Å². The van der Waals surface area contributed by atoms with Gasteiger partial charge in [-0.25, -0.2) is 9.97 Å². The van der Waals surface area contributed by atoms with Gasteiger partial charge in [0.2, 0.25) is 0 Å². The van der Waals surface area contributed by atoms with E-state index in [1.807, 2.05) is 24.3 Å². The van der Waals surface area contributed by atoms with Gasteiger partial charge in [0, 0.05) is 48.3 Å². The minimum Gasteiger partial charge on any atom is -0.455 e. The van der Waals surface area contributed by atoms with Gasteiger partial charge in [-0.1, -0.05) is 109 Å². The van der Waals surface area contributed by atoms with E-state index in [0.29, 0.717) is 5.82 Å². The Kier molecular flexibility index (Phi) is 5.51. The number of para-hydroxylation sites is 3. The van der Waals surface area contributed by atoms with E-state index in [0.717, 1.165) is 87.4 Å². The van der Waals surface area contributed by atoms with Crippen LogP contribution in [0.15, 0.2) is 154 Å². The molecule has 0 radical (unpaired) electrons. The number of hydrogen-bond donors (Lipinski definition) is 0. The molecule has 11 aromatic rings. The molecule has 49 heavy (non-hydrogen) atoms. The van der Waals surface area contributed by atoms with Crippen LogP contribution >= 0.6 is 11.3 Å². The molecule has 228 valence electrons. The number of rotatable bonds is 3. The molecule has 4 heterocycles. The molecule has 0 aliphatic carbocycles. The van der Waals surface area contributed by atoms with Gasteiger partial charge < -0.3 is 8.83 Å². The molecule has 0 saturated carbocycles. The highest BCUT2D eigenvalue weighted by atomic mass is 32.1. The minimum atomic E-state index is 0.653. The molecule has 0 bridgehead atoms. The zero-order chi connectivity index (χ0) is 32.1. The molecule has 0 aliphatic heterocycles. The maximum Gasteiger partial charge on any atom is 0.161 e. The van der Waals surface area contributed by atoms with E-state index < -0.39 is 0 Å². The Bertz CT molecular complexity index is 3120. The topological polar surface area (TPSA) is 52.1 Å². The summed E-state index contributed by atoms with van der Waals surface area (Å²) in [6, 6.07) is 50.6. The zero-order valence-electron chi connectivity index (χ0n) is 26.0. The van der Waals surface area contributed by atoms with Crippen molar-refractivity contribution in [1.82, 2.24) is 9.97 Å². The summed E-state index contributed by atoms with van der Waals surface area (Å²) in [5.41, 5.74) is 9.22. The van der Waals surface area contributed by atoms with Crippen LogP contribution in [0.25, 0.3) is 109 Å². The van der Waals surface area contributed by atoms with Gasteiger partial charge in [-0.05, 0) is 52.7 Å². The van der Waals surface area contributed by atoms with Gasteiger partial charge in [-0.2, -0.15) is 0 Å². The van der Waals surface area contributed by atoms with Gasteiger partial charge in [0.1, 0.15) is 22.3 Å². The Balaban J connectivity index is 1.25. The van der Waals surface area contributed by atoms with Crippen LogP contribution in [-0.4, -0.2) is 9.97 Å². The van der Waals surface area contributed by atoms with Crippen molar-refractivity contribution in [3.63, 3.8) is 0 Å². The highest BCUT2D eigenvalue weighted by Gasteiger charge is 2.24. The lowest BCUT2D eigenvalue weighted by molar-refractivity contribution is 0.669. The fourth-order valence-corrected chi connectivity index (χ4v) is 8.66. The van der Waals surface area contributed by atoms with E-state index in [2.05, 4.69) is 121 Å². The zero-order valence-corrected chi connectivity index (χ0v) is 26.8. The van der Waals surface area contributed by atoms with Crippen LogP contribution in [0.4, 0.5) is 0 Å². The third-order valence-corrected chi connectivity index (χ3v) is 10.9. The average molecular weight is 645 g/mol. The Morgan fingerprint density at radius 2 is 1.06 bits per heavy atom. The van der Waals surface area contributed by atoms with Crippen molar-refractivity contribution in [2.24, 2.45) is 0 Å². The van der Waals surface area contributed by atoms with Crippen LogP contribution in [0.3, 0.4) is 0 Å². The van der Waals surface area contributed by atoms with Crippen LogP contribution in [-0.2, 0) is 0 Å². The molecule has 0 unspecified atom stereocenters. The molecule has 0 saturated heterocycles. The molecular formula is C44H24N2O2S. The highest BCUT2D eigenvalue weighted by molar-refractivity contribution is 7.26. The SMILES string of the molecule is c1ccc2c(-c3ccc(-c4nc(-c5cccc6c5oc5ccccc56)c5sc6ccccc6c5n4)c4c3oc3ccccc34)cccc2c1. The molecule has 0 amide bonds. The smallest absolute Gasteiger partial charge is 0.161 e. The summed E-state index contributed by atoms with van der Waals surface area (Å²) >= 11 is 1.73. The third kappa shape index (κ3) is 3.85. The van der Waals surface area contributed by atoms with E-state index in [4.69, 9.17) is 18.8 Å². The quantitative estimate of drug-likeness (QED) is 0.192. The van der Waals surface area contributed by atoms with Gasteiger partial charge in [0.25, 0.3) is 0 Å². The fourth-order valence-electron chi connectivity index (χ4n) is 7.51. The van der Waals surface area contributed by atoms with Crippen LogP contribution < -0.4 is 0 Å². The second-order valence-corrected chi connectivity index (χ2v) is 13.5. The lowest BCUT2D eigenvalue weighted by Gasteiger charge is -2.11. The van der Waals surface area contributed by atoms with E-state index in [9.17, 15) is 0 Å². The summed E-state index contributed by atoms with van der Waals surface area (Å²) < 4.78 is 15.5. The first kappa shape index (κ1) is 26.7. The van der Waals surface area contributed by atoms with Crippen molar-refractivity contribution in [3.8, 4) is 33.8 Å². The van der Waals surface area contributed by atoms with Crippen molar-refractivity contribution < 1.29 is 8.83 Å². The maximum absolute atomic E-state index is 6.73. The molecule has 0 spiro atoms. The Morgan fingerprint density at radius 3 is 1.96 bits per heavy atom. The molecule has 0 N–H and O–H groups in total. The number of aromatic nitrogens is 2. The first-order valence-corrected chi connectivity index (χ1v) is 17.1. The number of benzene rings is 7. The lowest BCUT2D eigenvalue weighted by atomic mass is 9.94. The molecule has 7 aromatic carbocycles. The molecule has 5 heteroatoms. The molecule has 0 aliphatic rings. The predicted molar refractivity (Wildman–Crippen MR) is 203 cm³/mol. The Morgan fingerprint density at radius 1 is 0.429 bits per heavy atom. The molecule has 0 atom stereocenters. The second kappa shape index (κ2) is 10.1. The lowest BCUT2D eigenvalue weighted by Crippen LogP contribution is -1.95. The number of nitrogens with zero attached hydrogens (tertiary/aromatic N) is 2. The van der Waals surface area contributed by atoms with Gasteiger partial charge in [-0.3, -0.25) is 0 Å². The summed E-state index contributed by atoms with van der Waals surface area (Å²) in [4.78, 5) is 10.8. The summed E-state index contributed by atoms with van der Waals surface area (Å²) in [5, 5.41) is 7.70. The number of hydrogen-bond acceptors (Lipinski definition) is 5.